The number of rotatable bonds is 6. The number of hydrogen-bond donors (Lipinski definition) is 0. The van der Waals surface area contributed by atoms with Crippen molar-refractivity contribution in [3.05, 3.63) is 74.7 Å². The third-order valence-corrected chi connectivity index (χ3v) is 9.77. The molecule has 0 unspecified atom stereocenters. The molecule has 2 fully saturated rings. The second-order valence-electron chi connectivity index (χ2n) is 9.01. The number of nitrogens with zero attached hydrogens (tertiary/aromatic N) is 3. The van der Waals surface area contributed by atoms with Crippen LogP contribution in [0.2, 0.25) is 10.0 Å². The van der Waals surface area contributed by atoms with Crippen molar-refractivity contribution in [2.24, 2.45) is 0 Å². The largest absolute Gasteiger partial charge is 0.311 e. The average Bonchev–Trinajstić information content (AvgIpc) is 3.48. The van der Waals surface area contributed by atoms with E-state index in [1.165, 1.54) is 11.3 Å². The fourth-order valence-corrected chi connectivity index (χ4v) is 7.83. The smallest absolute Gasteiger partial charge is 0.244 e. The van der Waals surface area contributed by atoms with Gasteiger partial charge in [-0.25, -0.2) is 13.4 Å². The molecule has 0 spiro atoms. The van der Waals surface area contributed by atoms with E-state index in [2.05, 4.69) is 9.88 Å². The molecule has 0 N–H and O–H groups in total. The van der Waals surface area contributed by atoms with Gasteiger partial charge in [0.05, 0.1) is 10.9 Å². The highest BCUT2D eigenvalue weighted by atomic mass is 35.5. The summed E-state index contributed by atoms with van der Waals surface area (Å²) < 4.78 is 25.4. The van der Waals surface area contributed by atoms with Crippen molar-refractivity contribution in [1.29, 1.82) is 0 Å². The Balaban J connectivity index is 1.27. The van der Waals surface area contributed by atoms with Crippen molar-refractivity contribution in [1.82, 2.24) is 9.88 Å². The van der Waals surface area contributed by atoms with Crippen LogP contribution in [-0.2, 0) is 20.4 Å². The summed E-state index contributed by atoms with van der Waals surface area (Å²) >= 11 is 13.8. The third kappa shape index (κ3) is 5.42. The lowest BCUT2D eigenvalue weighted by Crippen LogP contribution is -2.46. The van der Waals surface area contributed by atoms with E-state index in [1.807, 2.05) is 12.1 Å². The Morgan fingerprint density at radius 1 is 1.03 bits per heavy atom. The Kier molecular flexibility index (Phi) is 7.19. The topological polar surface area (TPSA) is 70.6 Å². The molecule has 2 aliphatic heterocycles. The molecule has 0 bridgehead atoms. The van der Waals surface area contributed by atoms with Gasteiger partial charge < -0.3 is 4.90 Å². The van der Waals surface area contributed by atoms with E-state index >= 15 is 0 Å². The normalized spacial score (nSPS) is 21.5. The average molecular weight is 551 g/mol. The molecular weight excluding hydrogens is 525 g/mol. The van der Waals surface area contributed by atoms with Gasteiger partial charge in [0.2, 0.25) is 5.91 Å². The Morgan fingerprint density at radius 2 is 1.77 bits per heavy atom. The van der Waals surface area contributed by atoms with Crippen LogP contribution < -0.4 is 4.90 Å². The molecule has 2 aromatic carbocycles. The highest BCUT2D eigenvalue weighted by Crippen LogP contribution is 2.34. The molecule has 2 aliphatic rings. The first kappa shape index (κ1) is 24.7. The number of hydrogen-bond acceptors (Lipinski definition) is 6. The van der Waals surface area contributed by atoms with Gasteiger partial charge in [0.1, 0.15) is 10.8 Å². The number of carbonyl (C=O) groups excluding carboxylic acids is 1. The maximum atomic E-state index is 13.4. The molecule has 5 rings (SSSR count). The van der Waals surface area contributed by atoms with E-state index in [0.29, 0.717) is 21.6 Å². The number of amides is 1. The molecule has 2 saturated heterocycles. The van der Waals surface area contributed by atoms with Crippen LogP contribution in [-0.4, -0.2) is 49.9 Å². The lowest BCUT2D eigenvalue weighted by Gasteiger charge is -2.36. The van der Waals surface area contributed by atoms with E-state index in [9.17, 15) is 13.2 Å². The van der Waals surface area contributed by atoms with Crippen molar-refractivity contribution in [2.45, 2.75) is 41.9 Å². The van der Waals surface area contributed by atoms with Gasteiger partial charge >= 0.3 is 0 Å². The molecule has 3 heterocycles. The Bertz CT molecular complexity index is 1290. The fourth-order valence-electron chi connectivity index (χ4n) is 5.04. The van der Waals surface area contributed by atoms with Crippen LogP contribution in [0, 0.1) is 0 Å². The maximum Gasteiger partial charge on any atom is 0.244 e. The Labute approximate surface area is 219 Å². The summed E-state index contributed by atoms with van der Waals surface area (Å²) in [6, 6.07) is 12.1. The first-order chi connectivity index (χ1) is 16.8. The molecule has 0 saturated carbocycles. The van der Waals surface area contributed by atoms with Crippen molar-refractivity contribution < 1.29 is 13.2 Å². The molecule has 6 nitrogen and oxygen atoms in total. The highest BCUT2D eigenvalue weighted by Gasteiger charge is 2.38. The van der Waals surface area contributed by atoms with Gasteiger partial charge in [0.25, 0.3) is 0 Å². The van der Waals surface area contributed by atoms with Crippen LogP contribution in [0.15, 0.2) is 58.9 Å². The van der Waals surface area contributed by atoms with Crippen molar-refractivity contribution in [3.63, 3.8) is 0 Å². The number of piperidine rings is 1. The summed E-state index contributed by atoms with van der Waals surface area (Å²) in [5.74, 6) is 0.222. The van der Waals surface area contributed by atoms with Crippen LogP contribution in [0.25, 0.3) is 0 Å². The number of sulfone groups is 1. The summed E-state index contributed by atoms with van der Waals surface area (Å²) in [6.07, 6.45) is 4.38. The minimum absolute atomic E-state index is 0.0631. The van der Waals surface area contributed by atoms with Crippen LogP contribution in [0.5, 0.6) is 0 Å². The molecule has 184 valence electrons. The van der Waals surface area contributed by atoms with Crippen molar-refractivity contribution >= 4 is 56.0 Å². The molecule has 2 atom stereocenters. The Hall–Kier alpha value is -1.97. The zero-order valence-corrected chi connectivity index (χ0v) is 22.1. The summed E-state index contributed by atoms with van der Waals surface area (Å²) in [4.78, 5) is 21.7. The Morgan fingerprint density at radius 3 is 2.46 bits per heavy atom. The lowest BCUT2D eigenvalue weighted by molar-refractivity contribution is -0.122. The van der Waals surface area contributed by atoms with Crippen LogP contribution in [0.3, 0.4) is 0 Å². The van der Waals surface area contributed by atoms with Crippen LogP contribution in [0.4, 0.5) is 5.69 Å². The van der Waals surface area contributed by atoms with E-state index < -0.39 is 9.84 Å². The minimum atomic E-state index is -3.49. The van der Waals surface area contributed by atoms with Gasteiger partial charge in [-0.2, -0.15) is 0 Å². The summed E-state index contributed by atoms with van der Waals surface area (Å²) in [5.41, 5.74) is 1.84. The molecule has 35 heavy (non-hydrogen) atoms. The van der Waals surface area contributed by atoms with E-state index in [-0.39, 0.29) is 28.5 Å². The number of benzene rings is 2. The molecule has 1 aromatic heterocycles. The summed E-state index contributed by atoms with van der Waals surface area (Å²) in [7, 11) is -3.49. The highest BCUT2D eigenvalue weighted by molar-refractivity contribution is 7.90. The predicted octanol–water partition coefficient (Wildman–Crippen LogP) is 5.41. The molecular formula is C25H25Cl2N3O3S2. The van der Waals surface area contributed by atoms with E-state index in [4.69, 9.17) is 23.2 Å². The van der Waals surface area contributed by atoms with Crippen molar-refractivity contribution in [3.8, 4) is 0 Å². The fraction of sp³-hybridized carbons (Fsp3) is 0.360. The van der Waals surface area contributed by atoms with Gasteiger partial charge in [0.15, 0.2) is 9.84 Å². The van der Waals surface area contributed by atoms with Gasteiger partial charge in [-0.1, -0.05) is 23.2 Å². The number of aromatic nitrogens is 1. The van der Waals surface area contributed by atoms with Gasteiger partial charge in [-0.05, 0) is 79.8 Å². The number of thiazole rings is 1. The number of carbonyl (C=O) groups is 1. The summed E-state index contributed by atoms with van der Waals surface area (Å²) in [5, 5.41) is 3.58. The standard InChI is InChI=1S/C25H25Cl2N3O3S2/c26-19-12-18(13-20(27)14-19)17-2-1-9-29(15-17)23-7-10-30(25(23)31)21-3-5-22(6-4-21)35(32,33)16-24-28-8-11-34-24/h3-6,8,11-14,17,23H,1-2,7,9-10,15-16H2/t17-,23+/m1/s1. The van der Waals surface area contributed by atoms with Gasteiger partial charge in [-0.15, -0.1) is 11.3 Å². The van der Waals surface area contributed by atoms with E-state index in [0.717, 1.165) is 43.6 Å². The quantitative estimate of drug-likeness (QED) is 0.411. The van der Waals surface area contributed by atoms with Gasteiger partial charge in [-0.3, -0.25) is 9.69 Å². The third-order valence-electron chi connectivity index (χ3n) is 6.73. The second kappa shape index (κ2) is 10.2. The molecule has 0 radical (unpaired) electrons. The van der Waals surface area contributed by atoms with Crippen LogP contribution in [0.1, 0.15) is 35.8 Å². The predicted molar refractivity (Wildman–Crippen MR) is 140 cm³/mol. The first-order valence-electron chi connectivity index (χ1n) is 11.5. The maximum absolute atomic E-state index is 13.4. The zero-order valence-electron chi connectivity index (χ0n) is 18.9. The number of halogens is 2. The van der Waals surface area contributed by atoms with Crippen molar-refractivity contribution in [2.75, 3.05) is 24.5 Å². The first-order valence-corrected chi connectivity index (χ1v) is 14.8. The SMILES string of the molecule is O=C1[C@@H](N2CCC[C@@H](c3cc(Cl)cc(Cl)c3)C2)CCN1c1ccc(S(=O)(=O)Cc2nccs2)cc1. The monoisotopic (exact) mass is 549 g/mol. The summed E-state index contributed by atoms with van der Waals surface area (Å²) in [6.45, 7) is 2.27. The minimum Gasteiger partial charge on any atom is -0.311 e. The molecule has 10 heteroatoms. The number of likely N-dealkylation sites (tertiary alicyclic amines) is 1. The lowest BCUT2D eigenvalue weighted by atomic mass is 9.89. The number of anilines is 1. The molecule has 1 amide bonds. The van der Waals surface area contributed by atoms with Crippen LogP contribution >= 0.6 is 34.5 Å². The molecule has 3 aromatic rings. The second-order valence-corrected chi connectivity index (χ2v) is 12.9. The van der Waals surface area contributed by atoms with E-state index in [1.54, 1.807) is 46.8 Å². The molecule has 0 aliphatic carbocycles. The van der Waals surface area contributed by atoms with Gasteiger partial charge in [0, 0.05) is 40.4 Å². The zero-order chi connectivity index (χ0) is 24.6.